The third-order valence-corrected chi connectivity index (χ3v) is 4.93. The van der Waals surface area contributed by atoms with Crippen LogP contribution in [0.4, 0.5) is 0 Å². The Morgan fingerprint density at radius 2 is 1.32 bits per heavy atom. The van der Waals surface area contributed by atoms with Crippen LogP contribution >= 0.6 is 0 Å². The Morgan fingerprint density at radius 1 is 0.800 bits per heavy atom. The summed E-state index contributed by atoms with van der Waals surface area (Å²) in [6.45, 7) is 4.53. The van der Waals surface area contributed by atoms with E-state index in [1.54, 1.807) is 0 Å². The van der Waals surface area contributed by atoms with Crippen LogP contribution in [0.25, 0.3) is 0 Å². The monoisotopic (exact) mass is 340 g/mol. The third-order valence-electron chi connectivity index (χ3n) is 4.93. The van der Waals surface area contributed by atoms with Crippen molar-refractivity contribution in [1.29, 1.82) is 0 Å². The van der Waals surface area contributed by atoms with E-state index in [-0.39, 0.29) is 12.6 Å². The molecule has 1 saturated heterocycles. The molecule has 134 valence electrons. The maximum atomic E-state index is 9.92. The van der Waals surface area contributed by atoms with Gasteiger partial charge in [-0.1, -0.05) is 60.7 Å². The van der Waals surface area contributed by atoms with Crippen LogP contribution in [-0.4, -0.2) is 65.4 Å². The van der Waals surface area contributed by atoms with Crippen LogP contribution in [0.1, 0.15) is 23.6 Å². The molecule has 0 radical (unpaired) electrons. The second kappa shape index (κ2) is 9.11. The molecule has 0 saturated carbocycles. The molecule has 1 aliphatic rings. The maximum Gasteiger partial charge on any atom is 0.0689 e. The molecule has 0 bridgehead atoms. The predicted molar refractivity (Wildman–Crippen MR) is 100 cm³/mol. The number of rotatable bonds is 7. The van der Waals surface area contributed by atoms with Gasteiger partial charge in [-0.05, 0) is 17.5 Å². The summed E-state index contributed by atoms with van der Waals surface area (Å²) in [4.78, 5) is 4.82. The Balaban J connectivity index is 1.69. The van der Waals surface area contributed by atoms with Crippen molar-refractivity contribution in [3.63, 3.8) is 0 Å². The normalized spacial score (nSPS) is 17.7. The number of hydrogen-bond acceptors (Lipinski definition) is 4. The van der Waals surface area contributed by atoms with Gasteiger partial charge in [-0.3, -0.25) is 9.80 Å². The standard InChI is InChI=1S/C21H28N2O2/c24-16-11-20(25)17-22-12-14-23(15-13-22)21(18-7-3-1-4-8-18)19-9-5-2-6-10-19/h1-10,20-21,24-25H,11-17H2. The number of piperazine rings is 1. The Hall–Kier alpha value is -1.72. The lowest BCUT2D eigenvalue weighted by molar-refractivity contribution is 0.0514. The highest BCUT2D eigenvalue weighted by molar-refractivity contribution is 5.31. The first-order valence-corrected chi connectivity index (χ1v) is 9.13. The zero-order valence-corrected chi connectivity index (χ0v) is 14.7. The van der Waals surface area contributed by atoms with Crippen molar-refractivity contribution < 1.29 is 10.2 Å². The van der Waals surface area contributed by atoms with Gasteiger partial charge in [0.15, 0.2) is 0 Å². The summed E-state index contributed by atoms with van der Waals surface area (Å²) in [5.74, 6) is 0. The summed E-state index contributed by atoms with van der Waals surface area (Å²) in [7, 11) is 0. The van der Waals surface area contributed by atoms with Crippen LogP contribution < -0.4 is 0 Å². The fourth-order valence-electron chi connectivity index (χ4n) is 3.63. The van der Waals surface area contributed by atoms with Gasteiger partial charge >= 0.3 is 0 Å². The summed E-state index contributed by atoms with van der Waals surface area (Å²) >= 11 is 0. The lowest BCUT2D eigenvalue weighted by Gasteiger charge is -2.40. The molecule has 0 aliphatic carbocycles. The van der Waals surface area contributed by atoms with E-state index < -0.39 is 6.10 Å². The number of nitrogens with zero attached hydrogens (tertiary/aromatic N) is 2. The molecule has 2 aromatic carbocycles. The van der Waals surface area contributed by atoms with Crippen molar-refractivity contribution in [2.75, 3.05) is 39.3 Å². The van der Waals surface area contributed by atoms with Gasteiger partial charge in [-0.15, -0.1) is 0 Å². The molecule has 1 aliphatic heterocycles. The van der Waals surface area contributed by atoms with Crippen molar-refractivity contribution in [3.05, 3.63) is 71.8 Å². The number of benzene rings is 2. The van der Waals surface area contributed by atoms with E-state index in [0.29, 0.717) is 13.0 Å². The van der Waals surface area contributed by atoms with E-state index in [4.69, 9.17) is 5.11 Å². The molecule has 0 amide bonds. The van der Waals surface area contributed by atoms with Gasteiger partial charge in [0.2, 0.25) is 0 Å². The van der Waals surface area contributed by atoms with E-state index in [9.17, 15) is 5.11 Å². The van der Waals surface area contributed by atoms with Crippen LogP contribution in [0.15, 0.2) is 60.7 Å². The third kappa shape index (κ3) is 4.89. The van der Waals surface area contributed by atoms with Crippen LogP contribution in [0, 0.1) is 0 Å². The highest BCUT2D eigenvalue weighted by atomic mass is 16.3. The molecule has 1 unspecified atom stereocenters. The van der Waals surface area contributed by atoms with E-state index in [1.165, 1.54) is 11.1 Å². The van der Waals surface area contributed by atoms with Gasteiger partial charge in [-0.2, -0.15) is 0 Å². The zero-order valence-electron chi connectivity index (χ0n) is 14.7. The minimum atomic E-state index is -0.435. The first-order chi connectivity index (χ1) is 12.3. The summed E-state index contributed by atoms with van der Waals surface area (Å²) in [6, 6.07) is 21.6. The predicted octanol–water partition coefficient (Wildman–Crippen LogP) is 2.14. The Bertz CT molecular complexity index is 573. The number of aliphatic hydroxyl groups excluding tert-OH is 2. The minimum Gasteiger partial charge on any atom is -0.396 e. The fraction of sp³-hybridized carbons (Fsp3) is 0.429. The first kappa shape index (κ1) is 18.1. The molecule has 1 heterocycles. The SMILES string of the molecule is OCCC(O)CN1CCN(C(c2ccccc2)c2ccccc2)CC1. The molecule has 0 spiro atoms. The first-order valence-electron chi connectivity index (χ1n) is 9.13. The summed E-state index contributed by atoms with van der Waals surface area (Å²) in [6.07, 6.45) is 0.0206. The van der Waals surface area contributed by atoms with Gasteiger partial charge in [0.1, 0.15) is 0 Å². The van der Waals surface area contributed by atoms with Gasteiger partial charge in [0.05, 0.1) is 12.1 Å². The summed E-state index contributed by atoms with van der Waals surface area (Å²) < 4.78 is 0. The molecule has 4 heteroatoms. The summed E-state index contributed by atoms with van der Waals surface area (Å²) in [5, 5.41) is 18.9. The van der Waals surface area contributed by atoms with Gasteiger partial charge in [0, 0.05) is 39.3 Å². The topological polar surface area (TPSA) is 46.9 Å². The van der Waals surface area contributed by atoms with E-state index in [2.05, 4.69) is 70.5 Å². The Morgan fingerprint density at radius 3 is 1.80 bits per heavy atom. The minimum absolute atomic E-state index is 0.0468. The zero-order chi connectivity index (χ0) is 17.5. The van der Waals surface area contributed by atoms with Gasteiger partial charge in [0.25, 0.3) is 0 Å². The van der Waals surface area contributed by atoms with Crippen molar-refractivity contribution in [2.24, 2.45) is 0 Å². The van der Waals surface area contributed by atoms with Crippen molar-refractivity contribution in [1.82, 2.24) is 9.80 Å². The Labute approximate surface area is 150 Å². The van der Waals surface area contributed by atoms with Crippen LogP contribution in [0.3, 0.4) is 0 Å². The van der Waals surface area contributed by atoms with Crippen LogP contribution in [0.5, 0.6) is 0 Å². The molecule has 1 atom stereocenters. The molecule has 3 rings (SSSR count). The average molecular weight is 340 g/mol. The molecular formula is C21H28N2O2. The van der Waals surface area contributed by atoms with E-state index in [1.807, 2.05) is 0 Å². The molecule has 25 heavy (non-hydrogen) atoms. The second-order valence-corrected chi connectivity index (χ2v) is 6.73. The smallest absolute Gasteiger partial charge is 0.0689 e. The van der Waals surface area contributed by atoms with Crippen molar-refractivity contribution in [3.8, 4) is 0 Å². The number of hydrogen-bond donors (Lipinski definition) is 2. The second-order valence-electron chi connectivity index (χ2n) is 6.73. The van der Waals surface area contributed by atoms with Crippen molar-refractivity contribution >= 4 is 0 Å². The van der Waals surface area contributed by atoms with Crippen molar-refractivity contribution in [2.45, 2.75) is 18.6 Å². The quantitative estimate of drug-likeness (QED) is 0.811. The maximum absolute atomic E-state index is 9.92. The molecule has 2 N–H and O–H groups in total. The molecule has 0 aromatic heterocycles. The lowest BCUT2D eigenvalue weighted by atomic mass is 9.96. The number of aliphatic hydroxyl groups is 2. The van der Waals surface area contributed by atoms with Crippen LogP contribution in [-0.2, 0) is 0 Å². The van der Waals surface area contributed by atoms with E-state index >= 15 is 0 Å². The Kier molecular flexibility index (Phi) is 6.59. The van der Waals surface area contributed by atoms with Gasteiger partial charge < -0.3 is 10.2 Å². The highest BCUT2D eigenvalue weighted by Crippen LogP contribution is 2.29. The molecular weight excluding hydrogens is 312 g/mol. The lowest BCUT2D eigenvalue weighted by Crippen LogP contribution is -2.49. The van der Waals surface area contributed by atoms with Gasteiger partial charge in [-0.25, -0.2) is 0 Å². The highest BCUT2D eigenvalue weighted by Gasteiger charge is 2.26. The fourth-order valence-corrected chi connectivity index (χ4v) is 3.63. The molecule has 1 fully saturated rings. The largest absolute Gasteiger partial charge is 0.396 e. The average Bonchev–Trinajstić information content (AvgIpc) is 2.65. The number of β-amino-alcohol motifs (C(OH)–C–C–N with tert-alkyl or cyclic N) is 1. The molecule has 4 nitrogen and oxygen atoms in total. The van der Waals surface area contributed by atoms with Crippen LogP contribution in [0.2, 0.25) is 0 Å². The van der Waals surface area contributed by atoms with E-state index in [0.717, 1.165) is 26.2 Å². The molecule has 2 aromatic rings. The summed E-state index contributed by atoms with van der Waals surface area (Å²) in [5.41, 5.74) is 2.64.